The second-order valence-electron chi connectivity index (χ2n) is 2.71. The van der Waals surface area contributed by atoms with Crippen LogP contribution in [0.25, 0.3) is 0 Å². The van der Waals surface area contributed by atoms with E-state index in [1.54, 1.807) is 0 Å². The Balaban J connectivity index is 3.36. The summed E-state index contributed by atoms with van der Waals surface area (Å²) >= 11 is 0. The van der Waals surface area contributed by atoms with E-state index < -0.39 is 5.97 Å². The number of nitrogens with two attached hydrogens (primary N) is 1. The van der Waals surface area contributed by atoms with Gasteiger partial charge in [0.05, 0.1) is 18.4 Å². The molecule has 0 aromatic heterocycles. The van der Waals surface area contributed by atoms with Crippen LogP contribution in [-0.2, 0) is 4.74 Å². The van der Waals surface area contributed by atoms with Gasteiger partial charge >= 0.3 is 5.97 Å². The molecule has 0 unspecified atom stereocenters. The average Bonchev–Trinajstić information content (AvgIpc) is 2.19. The largest absolute Gasteiger partial charge is 0.465 e. The van der Waals surface area contributed by atoms with E-state index in [2.05, 4.69) is 4.74 Å². The highest BCUT2D eigenvalue weighted by atomic mass is 16.5. The maximum absolute atomic E-state index is 11.2. The fourth-order valence-corrected chi connectivity index (χ4v) is 1.10. The molecule has 0 aliphatic heterocycles. The molecule has 14 heavy (non-hydrogen) atoms. The number of nitrogen functional groups attached to an aromatic ring is 1. The number of carbonyl (C=O) groups excluding carboxylic acids is 1. The number of methoxy groups -OCH3 is 1. The van der Waals surface area contributed by atoms with Crippen molar-refractivity contribution < 1.29 is 9.53 Å². The molecule has 0 spiro atoms. The molecule has 1 aromatic rings. The number of hydrogen-bond acceptors (Lipinski definition) is 4. The minimum Gasteiger partial charge on any atom is -0.465 e. The van der Waals surface area contributed by atoms with Crippen LogP contribution in [0, 0.1) is 5.41 Å². The van der Waals surface area contributed by atoms with E-state index in [1.165, 1.54) is 19.2 Å². The van der Waals surface area contributed by atoms with Crippen LogP contribution in [0.3, 0.4) is 0 Å². The molecule has 1 rings (SSSR count). The first-order valence-corrected chi connectivity index (χ1v) is 3.88. The maximum Gasteiger partial charge on any atom is 0.339 e. The van der Waals surface area contributed by atoms with Gasteiger partial charge in [-0.1, -0.05) is 17.6 Å². The van der Waals surface area contributed by atoms with Crippen LogP contribution in [-0.4, -0.2) is 27.1 Å². The summed E-state index contributed by atoms with van der Waals surface area (Å²) in [6.07, 6.45) is 1.04. The van der Waals surface area contributed by atoms with Gasteiger partial charge in [0, 0.05) is 11.8 Å². The van der Waals surface area contributed by atoms with Gasteiger partial charge in [-0.2, -0.15) is 0 Å². The summed E-state index contributed by atoms with van der Waals surface area (Å²) in [7, 11) is 6.79. The molecule has 0 saturated carbocycles. The monoisotopic (exact) mass is 188 g/mol. The van der Waals surface area contributed by atoms with E-state index in [9.17, 15) is 4.79 Å². The van der Waals surface area contributed by atoms with Gasteiger partial charge in [-0.25, -0.2) is 4.79 Å². The highest BCUT2D eigenvalue weighted by molar-refractivity contribution is 6.33. The molecular weight excluding hydrogens is 179 g/mol. The first-order chi connectivity index (χ1) is 6.60. The highest BCUT2D eigenvalue weighted by Crippen LogP contribution is 2.15. The molecule has 0 aliphatic carbocycles. The fourth-order valence-electron chi connectivity index (χ4n) is 1.10. The van der Waals surface area contributed by atoms with Crippen LogP contribution in [0.15, 0.2) is 12.1 Å². The van der Waals surface area contributed by atoms with Crippen LogP contribution in [0.5, 0.6) is 0 Å². The van der Waals surface area contributed by atoms with Crippen molar-refractivity contribution in [3.8, 4) is 0 Å². The summed E-state index contributed by atoms with van der Waals surface area (Å²) < 4.78 is 4.52. The minimum absolute atomic E-state index is 0.186. The van der Waals surface area contributed by atoms with Crippen LogP contribution in [0.4, 0.5) is 5.69 Å². The van der Waals surface area contributed by atoms with Crippen molar-refractivity contribution in [3.63, 3.8) is 0 Å². The van der Waals surface area contributed by atoms with Crippen molar-refractivity contribution in [3.05, 3.63) is 23.3 Å². The number of rotatable bonds is 2. The topological polar surface area (TPSA) is 76.2 Å². The van der Waals surface area contributed by atoms with Gasteiger partial charge in [-0.15, -0.1) is 0 Å². The summed E-state index contributed by atoms with van der Waals surface area (Å²) in [6, 6.07) is 2.95. The van der Waals surface area contributed by atoms with E-state index in [-0.39, 0.29) is 11.3 Å². The lowest BCUT2D eigenvalue weighted by molar-refractivity contribution is 0.0602. The van der Waals surface area contributed by atoms with E-state index >= 15 is 0 Å². The Morgan fingerprint density at radius 3 is 2.79 bits per heavy atom. The Morgan fingerprint density at radius 2 is 2.29 bits per heavy atom. The van der Waals surface area contributed by atoms with Crippen molar-refractivity contribution in [2.24, 2.45) is 0 Å². The number of hydrogen-bond donors (Lipinski definition) is 2. The number of nitrogens with one attached hydrogen (secondary N) is 1. The van der Waals surface area contributed by atoms with E-state index in [0.717, 1.165) is 6.21 Å². The van der Waals surface area contributed by atoms with Crippen molar-refractivity contribution >= 4 is 31.2 Å². The third kappa shape index (κ3) is 1.76. The molecular formula is C9H9BN2O2. The molecule has 1 aromatic carbocycles. The molecule has 4 nitrogen and oxygen atoms in total. The van der Waals surface area contributed by atoms with E-state index in [0.29, 0.717) is 11.0 Å². The van der Waals surface area contributed by atoms with Crippen molar-refractivity contribution in [2.75, 3.05) is 12.8 Å². The Kier molecular flexibility index (Phi) is 2.91. The molecule has 3 N–H and O–H groups in total. The van der Waals surface area contributed by atoms with Gasteiger partial charge in [0.15, 0.2) is 0 Å². The Bertz CT molecular complexity index is 391. The number of anilines is 1. The SMILES string of the molecule is [B]c1cc(C=N)c(N)c(C(=O)OC)c1. The molecule has 0 amide bonds. The van der Waals surface area contributed by atoms with Crippen molar-refractivity contribution in [1.29, 1.82) is 5.41 Å². The zero-order valence-corrected chi connectivity index (χ0v) is 7.70. The van der Waals surface area contributed by atoms with Gasteiger partial charge in [-0.3, -0.25) is 0 Å². The predicted octanol–water partition coefficient (Wildman–Crippen LogP) is -0.153. The standard InChI is InChI=1S/C9H9BN2O2/c1-14-9(13)7-3-6(10)2-5(4-11)8(7)12/h2-4,11H,12H2,1H3. The van der Waals surface area contributed by atoms with Crippen molar-refractivity contribution in [1.82, 2.24) is 0 Å². The second kappa shape index (κ2) is 3.96. The first kappa shape index (κ1) is 10.3. The van der Waals surface area contributed by atoms with Gasteiger partial charge < -0.3 is 15.9 Å². The third-order valence-electron chi connectivity index (χ3n) is 1.80. The molecule has 0 saturated heterocycles. The maximum atomic E-state index is 11.2. The average molecular weight is 188 g/mol. The molecule has 5 heteroatoms. The van der Waals surface area contributed by atoms with Crippen LogP contribution in [0.1, 0.15) is 15.9 Å². The predicted molar refractivity (Wildman–Crippen MR) is 55.5 cm³/mol. The number of esters is 1. The first-order valence-electron chi connectivity index (χ1n) is 3.88. The zero-order chi connectivity index (χ0) is 10.7. The number of benzene rings is 1. The summed E-state index contributed by atoms with van der Waals surface area (Å²) in [5, 5.41) is 7.06. The van der Waals surface area contributed by atoms with Gasteiger partial charge in [0.2, 0.25) is 0 Å². The quantitative estimate of drug-likeness (QED) is 0.293. The number of carbonyl (C=O) groups is 1. The molecule has 0 aliphatic rings. The summed E-state index contributed by atoms with van der Waals surface area (Å²) in [6.45, 7) is 0. The highest BCUT2D eigenvalue weighted by Gasteiger charge is 2.12. The summed E-state index contributed by atoms with van der Waals surface area (Å²) in [4.78, 5) is 11.2. The lowest BCUT2D eigenvalue weighted by atomic mass is 9.91. The Labute approximate surface area is 83.0 Å². The lowest BCUT2D eigenvalue weighted by Crippen LogP contribution is -2.14. The van der Waals surface area contributed by atoms with Crippen LogP contribution < -0.4 is 11.2 Å². The second-order valence-corrected chi connectivity index (χ2v) is 2.71. The molecule has 0 atom stereocenters. The van der Waals surface area contributed by atoms with Crippen LogP contribution >= 0.6 is 0 Å². The molecule has 2 radical (unpaired) electrons. The van der Waals surface area contributed by atoms with Crippen molar-refractivity contribution in [2.45, 2.75) is 0 Å². The summed E-state index contributed by atoms with van der Waals surface area (Å²) in [5.74, 6) is -0.558. The fraction of sp³-hybridized carbons (Fsp3) is 0.111. The van der Waals surface area contributed by atoms with Gasteiger partial charge in [-0.05, 0) is 0 Å². The molecule has 70 valence electrons. The van der Waals surface area contributed by atoms with E-state index in [4.69, 9.17) is 19.0 Å². The van der Waals surface area contributed by atoms with Crippen LogP contribution in [0.2, 0.25) is 0 Å². The van der Waals surface area contributed by atoms with Gasteiger partial charge in [0.1, 0.15) is 7.85 Å². The smallest absolute Gasteiger partial charge is 0.339 e. The Hall–Kier alpha value is -1.78. The molecule has 0 fully saturated rings. The summed E-state index contributed by atoms with van der Waals surface area (Å²) in [5.41, 5.74) is 6.81. The molecule has 0 heterocycles. The third-order valence-corrected chi connectivity index (χ3v) is 1.80. The normalized spacial score (nSPS) is 9.50. The van der Waals surface area contributed by atoms with E-state index in [1.807, 2.05) is 0 Å². The number of ether oxygens (including phenoxy) is 1. The lowest BCUT2D eigenvalue weighted by Gasteiger charge is -2.07. The molecule has 0 bridgehead atoms. The zero-order valence-electron chi connectivity index (χ0n) is 7.70. The van der Waals surface area contributed by atoms with Gasteiger partial charge in [0.25, 0.3) is 0 Å². The minimum atomic E-state index is -0.558. The Morgan fingerprint density at radius 1 is 1.64 bits per heavy atom.